The van der Waals surface area contributed by atoms with Crippen LogP contribution in [0.1, 0.15) is 33.6 Å². The molecule has 0 aromatic rings. The predicted molar refractivity (Wildman–Crippen MR) is 55.8 cm³/mol. The fraction of sp³-hybridized carbons (Fsp3) is 1.00. The quantitative estimate of drug-likeness (QED) is 0.711. The normalized spacial score (nSPS) is 36.0. The van der Waals surface area contributed by atoms with Crippen molar-refractivity contribution in [1.82, 2.24) is 10.2 Å². The summed E-state index contributed by atoms with van der Waals surface area (Å²) in [4.78, 5) is 2.71. The second-order valence-electron chi connectivity index (χ2n) is 5.17. The molecule has 1 N–H and O–H groups in total. The lowest BCUT2D eigenvalue weighted by atomic mass is 10.0. The molecule has 0 aliphatic carbocycles. The summed E-state index contributed by atoms with van der Waals surface area (Å²) < 4.78 is 0. The van der Waals surface area contributed by atoms with Gasteiger partial charge in [-0.3, -0.25) is 4.90 Å². The standard InChI is InChI=1S/C11H22N2/c1-8(2)4-9(3)13-7-10-5-11(13)6-12-10/h8-12H,4-7H2,1-3H3. The van der Waals surface area contributed by atoms with Crippen molar-refractivity contribution in [3.8, 4) is 0 Å². The lowest BCUT2D eigenvalue weighted by Crippen LogP contribution is -2.47. The summed E-state index contributed by atoms with van der Waals surface area (Å²) in [5, 5.41) is 3.55. The van der Waals surface area contributed by atoms with E-state index in [1.165, 1.54) is 25.9 Å². The number of fused-ring (bicyclic) bond motifs is 2. The van der Waals surface area contributed by atoms with E-state index >= 15 is 0 Å². The molecule has 2 heteroatoms. The van der Waals surface area contributed by atoms with Gasteiger partial charge in [-0.1, -0.05) is 13.8 Å². The fourth-order valence-corrected chi connectivity index (χ4v) is 2.95. The van der Waals surface area contributed by atoms with E-state index in [0.717, 1.165) is 24.0 Å². The van der Waals surface area contributed by atoms with Crippen molar-refractivity contribution in [1.29, 1.82) is 0 Å². The lowest BCUT2D eigenvalue weighted by molar-refractivity contribution is 0.152. The monoisotopic (exact) mass is 182 g/mol. The molecule has 2 bridgehead atoms. The van der Waals surface area contributed by atoms with Gasteiger partial charge in [0.15, 0.2) is 0 Å². The van der Waals surface area contributed by atoms with Crippen LogP contribution in [0, 0.1) is 5.92 Å². The SMILES string of the molecule is CC(C)CC(C)N1CC2CC1CN2. The fourth-order valence-electron chi connectivity index (χ4n) is 2.95. The van der Waals surface area contributed by atoms with Gasteiger partial charge in [0.1, 0.15) is 0 Å². The molecule has 0 aromatic carbocycles. The van der Waals surface area contributed by atoms with Crippen LogP contribution in [0.2, 0.25) is 0 Å². The summed E-state index contributed by atoms with van der Waals surface area (Å²) in [6.07, 6.45) is 2.74. The Hall–Kier alpha value is -0.0800. The number of hydrogen-bond acceptors (Lipinski definition) is 2. The number of nitrogens with zero attached hydrogens (tertiary/aromatic N) is 1. The van der Waals surface area contributed by atoms with Gasteiger partial charge in [0.25, 0.3) is 0 Å². The highest BCUT2D eigenvalue weighted by atomic mass is 15.3. The molecule has 0 saturated carbocycles. The molecular weight excluding hydrogens is 160 g/mol. The maximum Gasteiger partial charge on any atom is 0.0239 e. The third-order valence-corrected chi connectivity index (χ3v) is 3.48. The van der Waals surface area contributed by atoms with Crippen LogP contribution < -0.4 is 5.32 Å². The highest BCUT2D eigenvalue weighted by Gasteiger charge is 2.39. The number of piperazine rings is 1. The van der Waals surface area contributed by atoms with Gasteiger partial charge in [-0.15, -0.1) is 0 Å². The summed E-state index contributed by atoms with van der Waals surface area (Å²) in [5.41, 5.74) is 0. The van der Waals surface area contributed by atoms with Crippen molar-refractivity contribution >= 4 is 0 Å². The van der Waals surface area contributed by atoms with Crippen LogP contribution >= 0.6 is 0 Å². The Kier molecular flexibility index (Phi) is 2.61. The van der Waals surface area contributed by atoms with Gasteiger partial charge >= 0.3 is 0 Å². The van der Waals surface area contributed by atoms with Gasteiger partial charge in [0.05, 0.1) is 0 Å². The van der Waals surface area contributed by atoms with E-state index in [2.05, 4.69) is 31.0 Å². The van der Waals surface area contributed by atoms with Gasteiger partial charge in [-0.05, 0) is 25.7 Å². The van der Waals surface area contributed by atoms with E-state index in [4.69, 9.17) is 0 Å². The maximum atomic E-state index is 3.55. The zero-order chi connectivity index (χ0) is 9.42. The van der Waals surface area contributed by atoms with E-state index < -0.39 is 0 Å². The third-order valence-electron chi connectivity index (χ3n) is 3.48. The van der Waals surface area contributed by atoms with E-state index in [1.807, 2.05) is 0 Å². The molecule has 0 radical (unpaired) electrons. The zero-order valence-electron chi connectivity index (χ0n) is 9.09. The summed E-state index contributed by atoms with van der Waals surface area (Å²) in [7, 11) is 0. The predicted octanol–water partition coefficient (Wildman–Crippen LogP) is 1.47. The summed E-state index contributed by atoms with van der Waals surface area (Å²) in [6.45, 7) is 9.55. The molecule has 2 heterocycles. The Bertz CT molecular complexity index is 179. The van der Waals surface area contributed by atoms with Crippen molar-refractivity contribution in [3.63, 3.8) is 0 Å². The molecule has 2 rings (SSSR count). The molecule has 0 spiro atoms. The molecule has 2 fully saturated rings. The Morgan fingerprint density at radius 2 is 2.15 bits per heavy atom. The van der Waals surface area contributed by atoms with Gasteiger partial charge in [0.2, 0.25) is 0 Å². The van der Waals surface area contributed by atoms with Crippen LogP contribution in [0.15, 0.2) is 0 Å². The minimum Gasteiger partial charge on any atom is -0.311 e. The van der Waals surface area contributed by atoms with Crippen molar-refractivity contribution in [3.05, 3.63) is 0 Å². The topological polar surface area (TPSA) is 15.3 Å². The molecule has 2 nitrogen and oxygen atoms in total. The largest absolute Gasteiger partial charge is 0.311 e. The molecule has 0 aromatic heterocycles. The number of rotatable bonds is 3. The molecule has 2 aliphatic rings. The molecule has 13 heavy (non-hydrogen) atoms. The second-order valence-corrected chi connectivity index (χ2v) is 5.17. The van der Waals surface area contributed by atoms with Crippen LogP contribution in [0.3, 0.4) is 0 Å². The van der Waals surface area contributed by atoms with Crippen LogP contribution in [0.25, 0.3) is 0 Å². The highest BCUT2D eigenvalue weighted by Crippen LogP contribution is 2.27. The third kappa shape index (κ3) is 1.89. The van der Waals surface area contributed by atoms with Crippen LogP contribution in [0.4, 0.5) is 0 Å². The Labute approximate surface area is 81.7 Å². The highest BCUT2D eigenvalue weighted by molar-refractivity contribution is 4.98. The average molecular weight is 182 g/mol. The molecule has 2 aliphatic heterocycles. The molecule has 2 saturated heterocycles. The van der Waals surface area contributed by atoms with Gasteiger partial charge in [-0.2, -0.15) is 0 Å². The van der Waals surface area contributed by atoms with Crippen molar-refractivity contribution in [2.75, 3.05) is 13.1 Å². The van der Waals surface area contributed by atoms with Crippen LogP contribution in [0.5, 0.6) is 0 Å². The summed E-state index contributed by atoms with van der Waals surface area (Å²) >= 11 is 0. The molecule has 76 valence electrons. The minimum absolute atomic E-state index is 0.789. The lowest BCUT2D eigenvalue weighted by Gasteiger charge is -2.33. The zero-order valence-corrected chi connectivity index (χ0v) is 9.09. The average Bonchev–Trinajstić information content (AvgIpc) is 2.62. The first kappa shape index (κ1) is 9.47. The first-order valence-corrected chi connectivity index (χ1v) is 5.66. The van der Waals surface area contributed by atoms with Crippen molar-refractivity contribution in [2.24, 2.45) is 5.92 Å². The second kappa shape index (κ2) is 3.58. The number of hydrogen-bond donors (Lipinski definition) is 1. The van der Waals surface area contributed by atoms with Crippen LogP contribution in [-0.2, 0) is 0 Å². The minimum atomic E-state index is 0.789. The first-order chi connectivity index (χ1) is 6.16. The molecule has 0 amide bonds. The van der Waals surface area contributed by atoms with Gasteiger partial charge in [-0.25, -0.2) is 0 Å². The van der Waals surface area contributed by atoms with E-state index in [-0.39, 0.29) is 0 Å². The molecular formula is C11H22N2. The number of likely N-dealkylation sites (tertiary alicyclic amines) is 1. The van der Waals surface area contributed by atoms with E-state index in [9.17, 15) is 0 Å². The maximum absolute atomic E-state index is 3.55. The van der Waals surface area contributed by atoms with E-state index in [1.54, 1.807) is 0 Å². The van der Waals surface area contributed by atoms with Gasteiger partial charge in [0, 0.05) is 31.2 Å². The summed E-state index contributed by atoms with van der Waals surface area (Å²) in [5.74, 6) is 0.835. The van der Waals surface area contributed by atoms with E-state index in [0.29, 0.717) is 0 Å². The van der Waals surface area contributed by atoms with Crippen molar-refractivity contribution < 1.29 is 0 Å². The van der Waals surface area contributed by atoms with Crippen molar-refractivity contribution in [2.45, 2.75) is 51.7 Å². The molecule has 3 unspecified atom stereocenters. The number of nitrogens with one attached hydrogen (secondary N) is 1. The Morgan fingerprint density at radius 3 is 2.62 bits per heavy atom. The first-order valence-electron chi connectivity index (χ1n) is 5.66. The molecule has 3 atom stereocenters. The Balaban J connectivity index is 1.87. The Morgan fingerprint density at radius 1 is 1.38 bits per heavy atom. The smallest absolute Gasteiger partial charge is 0.0239 e. The van der Waals surface area contributed by atoms with Crippen LogP contribution in [-0.4, -0.2) is 36.1 Å². The van der Waals surface area contributed by atoms with Gasteiger partial charge < -0.3 is 5.32 Å². The summed E-state index contributed by atoms with van der Waals surface area (Å²) in [6, 6.07) is 2.44.